The first kappa shape index (κ1) is 23.4. The largest absolute Gasteiger partial charge is 0.462 e. The molecule has 2 aromatic rings. The van der Waals surface area contributed by atoms with Crippen molar-refractivity contribution in [1.29, 1.82) is 0 Å². The van der Waals surface area contributed by atoms with Gasteiger partial charge in [0.1, 0.15) is 5.00 Å². The van der Waals surface area contributed by atoms with Gasteiger partial charge in [0.25, 0.3) is 0 Å². The molecule has 1 aliphatic rings. The summed E-state index contributed by atoms with van der Waals surface area (Å²) >= 11 is 1.32. The summed E-state index contributed by atoms with van der Waals surface area (Å²) in [6.45, 7) is 7.41. The van der Waals surface area contributed by atoms with Gasteiger partial charge in [0.2, 0.25) is 15.9 Å². The number of piperazine rings is 1. The van der Waals surface area contributed by atoms with Crippen molar-refractivity contribution in [2.75, 3.05) is 44.6 Å². The number of amides is 1. The van der Waals surface area contributed by atoms with Gasteiger partial charge in [0.15, 0.2) is 0 Å². The zero-order valence-corrected chi connectivity index (χ0v) is 19.5. The van der Waals surface area contributed by atoms with Crippen LogP contribution in [0.1, 0.15) is 27.7 Å². The Morgan fingerprint density at radius 3 is 2.35 bits per heavy atom. The van der Waals surface area contributed by atoms with E-state index in [1.807, 2.05) is 18.7 Å². The van der Waals surface area contributed by atoms with Crippen molar-refractivity contribution in [2.45, 2.75) is 25.7 Å². The topological polar surface area (TPSA) is 96.0 Å². The molecule has 168 valence electrons. The molecule has 0 saturated carbocycles. The number of hydrogen-bond donors (Lipinski definition) is 1. The molecule has 2 heterocycles. The van der Waals surface area contributed by atoms with Crippen molar-refractivity contribution in [3.8, 4) is 0 Å². The maximum atomic E-state index is 12.8. The summed E-state index contributed by atoms with van der Waals surface area (Å²) in [7, 11) is -3.54. The second kappa shape index (κ2) is 9.90. The van der Waals surface area contributed by atoms with Crippen LogP contribution in [0.4, 0.5) is 5.00 Å². The molecule has 1 aromatic carbocycles. The monoisotopic (exact) mass is 465 g/mol. The van der Waals surface area contributed by atoms with Crippen molar-refractivity contribution in [3.63, 3.8) is 0 Å². The first-order valence-corrected chi connectivity index (χ1v) is 12.3. The van der Waals surface area contributed by atoms with Crippen LogP contribution in [-0.4, -0.2) is 68.8 Å². The van der Waals surface area contributed by atoms with Gasteiger partial charge in [0.05, 0.1) is 23.6 Å². The first-order valence-electron chi connectivity index (χ1n) is 10.1. The molecule has 1 aliphatic heterocycles. The number of nitrogens with zero attached hydrogens (tertiary/aromatic N) is 2. The van der Waals surface area contributed by atoms with E-state index in [-0.39, 0.29) is 24.0 Å². The molecule has 1 amide bonds. The van der Waals surface area contributed by atoms with E-state index in [0.717, 1.165) is 10.4 Å². The number of rotatable bonds is 7. The molecule has 1 saturated heterocycles. The normalized spacial score (nSPS) is 15.6. The molecule has 1 fully saturated rings. The van der Waals surface area contributed by atoms with Gasteiger partial charge in [-0.2, -0.15) is 4.31 Å². The fourth-order valence-corrected chi connectivity index (χ4v) is 5.66. The highest BCUT2D eigenvalue weighted by Gasteiger charge is 2.29. The summed E-state index contributed by atoms with van der Waals surface area (Å²) in [6, 6.07) is 8.50. The zero-order chi connectivity index (χ0) is 22.6. The van der Waals surface area contributed by atoms with Crippen molar-refractivity contribution in [1.82, 2.24) is 9.21 Å². The van der Waals surface area contributed by atoms with Gasteiger partial charge in [-0.3, -0.25) is 9.69 Å². The van der Waals surface area contributed by atoms with E-state index in [1.54, 1.807) is 37.3 Å². The van der Waals surface area contributed by atoms with Crippen LogP contribution < -0.4 is 5.32 Å². The number of anilines is 1. The van der Waals surface area contributed by atoms with Crippen LogP contribution in [0.3, 0.4) is 0 Å². The van der Waals surface area contributed by atoms with Gasteiger partial charge in [-0.1, -0.05) is 17.7 Å². The number of esters is 1. The summed E-state index contributed by atoms with van der Waals surface area (Å²) in [4.78, 5) is 27.7. The molecule has 3 rings (SSSR count). The minimum absolute atomic E-state index is 0.123. The number of hydrogen-bond acceptors (Lipinski definition) is 7. The van der Waals surface area contributed by atoms with Crippen LogP contribution in [-0.2, 0) is 19.6 Å². The summed E-state index contributed by atoms with van der Waals surface area (Å²) in [6.07, 6.45) is 0. The molecule has 0 unspecified atom stereocenters. The lowest BCUT2D eigenvalue weighted by Crippen LogP contribution is -2.50. The van der Waals surface area contributed by atoms with Crippen LogP contribution in [0, 0.1) is 13.8 Å². The van der Waals surface area contributed by atoms with E-state index < -0.39 is 16.0 Å². The Balaban J connectivity index is 1.56. The second-order valence-corrected chi connectivity index (χ2v) is 10.6. The minimum Gasteiger partial charge on any atom is -0.462 e. The van der Waals surface area contributed by atoms with E-state index in [1.165, 1.54) is 15.6 Å². The van der Waals surface area contributed by atoms with Gasteiger partial charge >= 0.3 is 5.97 Å². The average Bonchev–Trinajstić information content (AvgIpc) is 3.09. The zero-order valence-electron chi connectivity index (χ0n) is 17.9. The Morgan fingerprint density at radius 1 is 1.10 bits per heavy atom. The van der Waals surface area contributed by atoms with Crippen molar-refractivity contribution in [2.24, 2.45) is 0 Å². The van der Waals surface area contributed by atoms with E-state index in [2.05, 4.69) is 5.32 Å². The first-order chi connectivity index (χ1) is 14.7. The fourth-order valence-electron chi connectivity index (χ4n) is 3.32. The second-order valence-electron chi connectivity index (χ2n) is 7.36. The van der Waals surface area contributed by atoms with Gasteiger partial charge < -0.3 is 10.1 Å². The lowest BCUT2D eigenvalue weighted by atomic mass is 10.2. The third-order valence-electron chi connectivity index (χ3n) is 4.96. The average molecular weight is 466 g/mol. The van der Waals surface area contributed by atoms with Crippen molar-refractivity contribution in [3.05, 3.63) is 46.3 Å². The molecule has 10 heteroatoms. The molecule has 1 N–H and O–H groups in total. The Hall–Kier alpha value is -2.27. The third kappa shape index (κ3) is 5.70. The number of carbonyl (C=O) groups excluding carboxylic acids is 2. The van der Waals surface area contributed by atoms with Crippen molar-refractivity contribution < 1.29 is 22.7 Å². The fraction of sp³-hybridized carbons (Fsp3) is 0.429. The molecule has 0 aliphatic carbocycles. The van der Waals surface area contributed by atoms with Gasteiger partial charge in [-0.25, -0.2) is 13.2 Å². The van der Waals surface area contributed by atoms with Crippen molar-refractivity contribution >= 4 is 38.2 Å². The third-order valence-corrected chi connectivity index (χ3v) is 7.84. The highest BCUT2D eigenvalue weighted by Crippen LogP contribution is 2.28. The minimum atomic E-state index is -3.54. The maximum absolute atomic E-state index is 12.8. The number of ether oxygens (including phenoxy) is 1. The number of nitrogens with one attached hydrogen (secondary N) is 1. The van der Waals surface area contributed by atoms with Crippen LogP contribution >= 0.6 is 11.3 Å². The Bertz CT molecular complexity index is 1040. The highest BCUT2D eigenvalue weighted by atomic mass is 32.2. The molecule has 1 aromatic heterocycles. The maximum Gasteiger partial charge on any atom is 0.341 e. The summed E-state index contributed by atoms with van der Waals surface area (Å²) in [5.41, 5.74) is 1.36. The predicted molar refractivity (Wildman–Crippen MR) is 120 cm³/mol. The lowest BCUT2D eigenvalue weighted by molar-refractivity contribution is -0.117. The van der Waals surface area contributed by atoms with E-state index in [0.29, 0.717) is 36.7 Å². The summed E-state index contributed by atoms with van der Waals surface area (Å²) in [5, 5.41) is 3.27. The Labute approximate surface area is 186 Å². The molecule has 0 spiro atoms. The van der Waals surface area contributed by atoms with Crippen LogP contribution in [0.2, 0.25) is 0 Å². The summed E-state index contributed by atoms with van der Waals surface area (Å²) in [5.74, 6) is -0.709. The smallest absolute Gasteiger partial charge is 0.341 e. The number of sulfonamides is 1. The highest BCUT2D eigenvalue weighted by molar-refractivity contribution is 7.89. The number of benzene rings is 1. The Kier molecular flexibility index (Phi) is 7.47. The van der Waals surface area contributed by atoms with E-state index >= 15 is 0 Å². The molecular formula is C21H27N3O5S2. The van der Waals surface area contributed by atoms with Gasteiger partial charge in [0, 0.05) is 31.1 Å². The van der Waals surface area contributed by atoms with Gasteiger partial charge in [-0.05, 0) is 39.0 Å². The Morgan fingerprint density at radius 2 is 1.74 bits per heavy atom. The molecule has 8 nitrogen and oxygen atoms in total. The quantitative estimate of drug-likeness (QED) is 0.631. The molecule has 0 radical (unpaired) electrons. The van der Waals surface area contributed by atoms with Crippen LogP contribution in [0.15, 0.2) is 35.2 Å². The van der Waals surface area contributed by atoms with Gasteiger partial charge in [-0.15, -0.1) is 11.3 Å². The van der Waals surface area contributed by atoms with E-state index in [9.17, 15) is 18.0 Å². The SMILES string of the molecule is CCOC(=O)c1cc(C)sc1NC(=O)CN1CCN(S(=O)(=O)c2ccc(C)cc2)CC1. The number of aryl methyl sites for hydroxylation is 2. The van der Waals surface area contributed by atoms with E-state index in [4.69, 9.17) is 4.74 Å². The molecule has 0 atom stereocenters. The molecule has 0 bridgehead atoms. The number of carbonyl (C=O) groups is 2. The predicted octanol–water partition coefficient (Wildman–Crippen LogP) is 2.49. The standard InChI is InChI=1S/C21H27N3O5S2/c1-4-29-21(26)18-13-16(3)30-20(18)22-19(25)14-23-9-11-24(12-10-23)31(27,28)17-7-5-15(2)6-8-17/h5-8,13H,4,9-12,14H2,1-3H3,(H,22,25). The molecule has 31 heavy (non-hydrogen) atoms. The molecular weight excluding hydrogens is 438 g/mol. The van der Waals surface area contributed by atoms with Crippen LogP contribution in [0.5, 0.6) is 0 Å². The lowest BCUT2D eigenvalue weighted by Gasteiger charge is -2.33. The van der Waals surface area contributed by atoms with Crippen LogP contribution in [0.25, 0.3) is 0 Å². The summed E-state index contributed by atoms with van der Waals surface area (Å²) < 4.78 is 32.1. The number of thiophene rings is 1.